The van der Waals surface area contributed by atoms with E-state index in [-0.39, 0.29) is 30.7 Å². The molecule has 2 aromatic rings. The molecule has 2 aliphatic heterocycles. The zero-order chi connectivity index (χ0) is 21.3. The van der Waals surface area contributed by atoms with Gasteiger partial charge in [-0.05, 0) is 61.7 Å². The molecule has 1 amide bonds. The largest absolute Gasteiger partial charge is 0.494 e. The second-order valence-electron chi connectivity index (χ2n) is 8.31. The summed E-state index contributed by atoms with van der Waals surface area (Å²) in [5.41, 5.74) is 3.59. The fraction of sp³-hybridized carbons (Fsp3) is 0.440. The van der Waals surface area contributed by atoms with Crippen LogP contribution >= 0.6 is 24.8 Å². The predicted molar refractivity (Wildman–Crippen MR) is 139 cm³/mol. The van der Waals surface area contributed by atoms with Gasteiger partial charge in [-0.1, -0.05) is 36.8 Å². The van der Waals surface area contributed by atoms with Gasteiger partial charge in [0.1, 0.15) is 12.3 Å². The second kappa shape index (κ2) is 14.1. The van der Waals surface area contributed by atoms with Crippen molar-refractivity contribution in [3.05, 3.63) is 59.7 Å². The van der Waals surface area contributed by atoms with Crippen molar-refractivity contribution in [2.75, 3.05) is 38.1 Å². The molecule has 1 N–H and O–H groups in total. The Morgan fingerprint density at radius 1 is 0.970 bits per heavy atom. The smallest absolute Gasteiger partial charge is 0.266 e. The van der Waals surface area contributed by atoms with E-state index in [0.29, 0.717) is 19.7 Å². The van der Waals surface area contributed by atoms with Gasteiger partial charge in [-0.2, -0.15) is 0 Å². The molecule has 2 aliphatic rings. The first-order valence-corrected chi connectivity index (χ1v) is 11.3. The van der Waals surface area contributed by atoms with Crippen LogP contribution in [0.4, 0.5) is 5.69 Å². The number of halogens is 2. The Kier molecular flexibility index (Phi) is 11.5. The molecule has 180 valence electrons. The number of anilines is 1. The molecule has 4 rings (SSSR count). The van der Waals surface area contributed by atoms with Gasteiger partial charge in [-0.3, -0.25) is 9.69 Å². The van der Waals surface area contributed by atoms with Crippen LogP contribution in [0.5, 0.6) is 5.75 Å². The highest BCUT2D eigenvalue weighted by Gasteiger charge is 2.15. The first-order chi connectivity index (χ1) is 15.3. The molecule has 0 aromatic heterocycles. The summed E-state index contributed by atoms with van der Waals surface area (Å²) in [6.07, 6.45) is 6.54. The summed E-state index contributed by atoms with van der Waals surface area (Å²) in [5.74, 6) is 0.871. The fourth-order valence-electron chi connectivity index (χ4n) is 4.14. The molecule has 0 unspecified atom stereocenters. The Hall–Kier alpha value is -2.28. The summed E-state index contributed by atoms with van der Waals surface area (Å²) in [4.78, 5) is 19.6. The van der Waals surface area contributed by atoms with Crippen LogP contribution in [0.1, 0.15) is 36.8 Å². The number of hydrogen-bond acceptors (Lipinski definition) is 5. The third-order valence-electron chi connectivity index (χ3n) is 5.75. The molecule has 2 aromatic carbocycles. The number of rotatable bonds is 10. The standard InChI is InChI=1S/C25H32N4O2.2ClH/c30-25-19-29(20-27-25)18-22-9-2-3-11-24(22)26-12-7-15-31-23-10-6-8-21(16-23)17-28-13-4-1-5-14-28;;/h2-3,6,8-11,16,20,26H,1,4-5,7,12-15,17-19H2;2*1H. The lowest BCUT2D eigenvalue weighted by Gasteiger charge is -2.26. The van der Waals surface area contributed by atoms with Gasteiger partial charge in [0.05, 0.1) is 12.9 Å². The van der Waals surface area contributed by atoms with Gasteiger partial charge in [-0.15, -0.1) is 24.8 Å². The highest BCUT2D eigenvalue weighted by Crippen LogP contribution is 2.19. The molecule has 0 spiro atoms. The number of aliphatic imine (C=N–C) groups is 1. The Labute approximate surface area is 209 Å². The van der Waals surface area contributed by atoms with Gasteiger partial charge < -0.3 is 15.0 Å². The molecule has 2 heterocycles. The number of hydrogen-bond donors (Lipinski definition) is 1. The lowest BCUT2D eigenvalue weighted by atomic mass is 10.1. The van der Waals surface area contributed by atoms with Crippen LogP contribution in [-0.2, 0) is 17.9 Å². The number of carbonyl (C=O) groups excluding carboxylic acids is 1. The van der Waals surface area contributed by atoms with Crippen molar-refractivity contribution in [1.82, 2.24) is 9.80 Å². The number of amides is 1. The first-order valence-electron chi connectivity index (χ1n) is 11.3. The van der Waals surface area contributed by atoms with Crippen molar-refractivity contribution >= 4 is 42.7 Å². The lowest BCUT2D eigenvalue weighted by molar-refractivity contribution is -0.117. The van der Waals surface area contributed by atoms with E-state index >= 15 is 0 Å². The monoisotopic (exact) mass is 492 g/mol. The molecular formula is C25H34Cl2N4O2. The zero-order valence-electron chi connectivity index (χ0n) is 18.9. The topological polar surface area (TPSA) is 57.2 Å². The van der Waals surface area contributed by atoms with E-state index in [1.807, 2.05) is 23.1 Å². The number of para-hydroxylation sites is 1. The summed E-state index contributed by atoms with van der Waals surface area (Å²) < 4.78 is 6.00. The molecule has 0 radical (unpaired) electrons. The Bertz CT molecular complexity index is 903. The third-order valence-corrected chi connectivity index (χ3v) is 5.75. The number of nitrogens with one attached hydrogen (secondary N) is 1. The Morgan fingerprint density at radius 3 is 2.58 bits per heavy atom. The lowest BCUT2D eigenvalue weighted by Crippen LogP contribution is -2.29. The predicted octanol–water partition coefficient (Wildman–Crippen LogP) is 4.77. The molecule has 0 bridgehead atoms. The van der Waals surface area contributed by atoms with Crippen molar-refractivity contribution in [3.8, 4) is 5.75 Å². The van der Waals surface area contributed by atoms with Gasteiger partial charge in [0.2, 0.25) is 0 Å². The highest BCUT2D eigenvalue weighted by molar-refractivity contribution is 5.92. The number of piperidine rings is 1. The van der Waals surface area contributed by atoms with Crippen molar-refractivity contribution in [2.45, 2.75) is 38.8 Å². The molecule has 0 saturated carbocycles. The van der Waals surface area contributed by atoms with E-state index in [1.165, 1.54) is 37.9 Å². The van der Waals surface area contributed by atoms with Gasteiger partial charge in [0.25, 0.3) is 5.91 Å². The average Bonchev–Trinajstić information content (AvgIpc) is 3.20. The SMILES string of the molecule is Cl.Cl.O=C1CN(Cc2ccccc2NCCCOc2cccc(CN3CCCCC3)c2)C=N1. The van der Waals surface area contributed by atoms with E-state index in [0.717, 1.165) is 36.5 Å². The number of carbonyl (C=O) groups is 1. The first kappa shape index (κ1) is 27.0. The van der Waals surface area contributed by atoms with Crippen molar-refractivity contribution < 1.29 is 9.53 Å². The van der Waals surface area contributed by atoms with Gasteiger partial charge in [0, 0.05) is 25.3 Å². The average molecular weight is 493 g/mol. The van der Waals surface area contributed by atoms with E-state index in [4.69, 9.17) is 4.74 Å². The summed E-state index contributed by atoms with van der Waals surface area (Å²) >= 11 is 0. The molecule has 1 saturated heterocycles. The Morgan fingerprint density at radius 2 is 1.79 bits per heavy atom. The van der Waals surface area contributed by atoms with Crippen LogP contribution in [0.3, 0.4) is 0 Å². The minimum atomic E-state index is -0.0809. The van der Waals surface area contributed by atoms with Crippen LogP contribution in [-0.4, -0.2) is 54.8 Å². The van der Waals surface area contributed by atoms with Gasteiger partial charge >= 0.3 is 0 Å². The molecular weight excluding hydrogens is 459 g/mol. The maximum Gasteiger partial charge on any atom is 0.266 e. The maximum absolute atomic E-state index is 11.3. The number of benzene rings is 2. The van der Waals surface area contributed by atoms with Gasteiger partial charge in [0.15, 0.2) is 0 Å². The van der Waals surface area contributed by atoms with Gasteiger partial charge in [-0.25, -0.2) is 4.99 Å². The summed E-state index contributed by atoms with van der Waals surface area (Å²) in [5, 5.41) is 3.51. The molecule has 1 fully saturated rings. The van der Waals surface area contributed by atoms with E-state index in [2.05, 4.69) is 45.5 Å². The van der Waals surface area contributed by atoms with Crippen LogP contribution in [0.15, 0.2) is 53.5 Å². The molecule has 6 nitrogen and oxygen atoms in total. The second-order valence-corrected chi connectivity index (χ2v) is 8.31. The summed E-state index contributed by atoms with van der Waals surface area (Å²) in [6.45, 7) is 5.98. The molecule has 33 heavy (non-hydrogen) atoms. The molecule has 0 atom stereocenters. The molecule has 8 heteroatoms. The van der Waals surface area contributed by atoms with Crippen molar-refractivity contribution in [1.29, 1.82) is 0 Å². The number of ether oxygens (including phenoxy) is 1. The number of likely N-dealkylation sites (tertiary alicyclic amines) is 1. The van der Waals surface area contributed by atoms with E-state index in [1.54, 1.807) is 6.34 Å². The zero-order valence-corrected chi connectivity index (χ0v) is 20.6. The fourth-order valence-corrected chi connectivity index (χ4v) is 4.14. The van der Waals surface area contributed by atoms with Crippen LogP contribution < -0.4 is 10.1 Å². The third kappa shape index (κ3) is 8.54. The minimum Gasteiger partial charge on any atom is -0.494 e. The normalized spacial score (nSPS) is 15.6. The molecule has 0 aliphatic carbocycles. The summed E-state index contributed by atoms with van der Waals surface area (Å²) in [6, 6.07) is 16.7. The van der Waals surface area contributed by atoms with Crippen LogP contribution in [0, 0.1) is 0 Å². The van der Waals surface area contributed by atoms with Crippen molar-refractivity contribution in [3.63, 3.8) is 0 Å². The van der Waals surface area contributed by atoms with Crippen LogP contribution in [0.25, 0.3) is 0 Å². The maximum atomic E-state index is 11.3. The number of nitrogens with zero attached hydrogens (tertiary/aromatic N) is 3. The van der Waals surface area contributed by atoms with E-state index < -0.39 is 0 Å². The van der Waals surface area contributed by atoms with E-state index in [9.17, 15) is 4.79 Å². The quantitative estimate of drug-likeness (QED) is 0.484. The minimum absolute atomic E-state index is 0. The highest BCUT2D eigenvalue weighted by atomic mass is 35.5. The van der Waals surface area contributed by atoms with Crippen LogP contribution in [0.2, 0.25) is 0 Å². The summed E-state index contributed by atoms with van der Waals surface area (Å²) in [7, 11) is 0. The Balaban J connectivity index is 0.00000193. The van der Waals surface area contributed by atoms with Crippen molar-refractivity contribution in [2.24, 2.45) is 4.99 Å².